The van der Waals surface area contributed by atoms with Crippen molar-refractivity contribution in [1.29, 1.82) is 0 Å². The first-order valence-corrected chi connectivity index (χ1v) is 7.71. The van der Waals surface area contributed by atoms with Crippen LogP contribution < -0.4 is 5.32 Å². The summed E-state index contributed by atoms with van der Waals surface area (Å²) in [5, 5.41) is 11.8. The van der Waals surface area contributed by atoms with E-state index in [-0.39, 0.29) is 5.41 Å². The molecule has 1 saturated carbocycles. The predicted octanol–water partition coefficient (Wildman–Crippen LogP) is 3.88. The third-order valence-electron chi connectivity index (χ3n) is 4.11. The lowest BCUT2D eigenvalue weighted by atomic mass is 9.85. The Bertz CT molecular complexity index is 579. The van der Waals surface area contributed by atoms with Crippen LogP contribution in [-0.4, -0.2) is 23.0 Å². The first-order chi connectivity index (χ1) is 9.66. The highest BCUT2D eigenvalue weighted by molar-refractivity contribution is 9.10. The standard InChI is InChI=1S/C16H20BrNO3/c1-15(2,3)13-8-16(13,18-14(20)21)7-10-4-11(9-19)6-12(17)5-10/h4-6,9,13,18H,7-8H2,1-3H3,(H,20,21). The Balaban J connectivity index is 2.27. The Kier molecular flexibility index (Phi) is 4.15. The summed E-state index contributed by atoms with van der Waals surface area (Å²) in [7, 11) is 0. The van der Waals surface area contributed by atoms with Gasteiger partial charge in [0.1, 0.15) is 6.29 Å². The number of benzene rings is 1. The van der Waals surface area contributed by atoms with Gasteiger partial charge in [-0.2, -0.15) is 0 Å². The van der Waals surface area contributed by atoms with Crippen LogP contribution in [0.4, 0.5) is 4.79 Å². The number of rotatable bonds is 4. The molecule has 0 saturated heterocycles. The minimum absolute atomic E-state index is 0.0436. The highest BCUT2D eigenvalue weighted by Crippen LogP contribution is 2.55. The molecule has 0 aliphatic heterocycles. The normalized spacial score (nSPS) is 24.5. The van der Waals surface area contributed by atoms with E-state index in [1.54, 1.807) is 6.07 Å². The van der Waals surface area contributed by atoms with Gasteiger partial charge in [0.15, 0.2) is 0 Å². The second-order valence-corrected chi connectivity index (χ2v) is 7.81. The van der Waals surface area contributed by atoms with Crippen molar-refractivity contribution < 1.29 is 14.7 Å². The molecule has 0 heterocycles. The molecule has 114 valence electrons. The number of carboxylic acid groups (broad SMARTS) is 1. The topological polar surface area (TPSA) is 66.4 Å². The van der Waals surface area contributed by atoms with Crippen molar-refractivity contribution in [2.45, 2.75) is 39.2 Å². The van der Waals surface area contributed by atoms with Gasteiger partial charge in [-0.25, -0.2) is 4.79 Å². The molecule has 0 spiro atoms. The fraction of sp³-hybridized carbons (Fsp3) is 0.500. The van der Waals surface area contributed by atoms with Crippen LogP contribution in [0.3, 0.4) is 0 Å². The van der Waals surface area contributed by atoms with Crippen LogP contribution in [0, 0.1) is 11.3 Å². The number of aldehydes is 1. The predicted molar refractivity (Wildman–Crippen MR) is 84.7 cm³/mol. The van der Waals surface area contributed by atoms with Gasteiger partial charge in [-0.15, -0.1) is 0 Å². The summed E-state index contributed by atoms with van der Waals surface area (Å²) >= 11 is 3.39. The molecular weight excluding hydrogens is 334 g/mol. The first kappa shape index (κ1) is 16.0. The van der Waals surface area contributed by atoms with Crippen LogP contribution in [0.15, 0.2) is 22.7 Å². The molecule has 1 aromatic carbocycles. The van der Waals surface area contributed by atoms with Crippen molar-refractivity contribution in [3.05, 3.63) is 33.8 Å². The molecule has 1 aliphatic rings. The summed E-state index contributed by atoms with van der Waals surface area (Å²) in [6.07, 6.45) is 1.24. The van der Waals surface area contributed by atoms with Gasteiger partial charge in [0.05, 0.1) is 5.54 Å². The van der Waals surface area contributed by atoms with Crippen LogP contribution in [0.25, 0.3) is 0 Å². The molecule has 2 rings (SSSR count). The molecule has 5 heteroatoms. The van der Waals surface area contributed by atoms with Gasteiger partial charge in [-0.05, 0) is 47.9 Å². The van der Waals surface area contributed by atoms with Crippen LogP contribution in [0.2, 0.25) is 0 Å². The van der Waals surface area contributed by atoms with Gasteiger partial charge in [0.25, 0.3) is 0 Å². The summed E-state index contributed by atoms with van der Waals surface area (Å²) < 4.78 is 0.834. The van der Waals surface area contributed by atoms with Gasteiger partial charge in [-0.1, -0.05) is 36.7 Å². The third kappa shape index (κ3) is 3.64. The van der Waals surface area contributed by atoms with Crippen molar-refractivity contribution in [2.75, 3.05) is 0 Å². The lowest BCUT2D eigenvalue weighted by molar-refractivity contribution is 0.112. The third-order valence-corrected chi connectivity index (χ3v) is 4.57. The van der Waals surface area contributed by atoms with E-state index >= 15 is 0 Å². The Morgan fingerprint density at radius 2 is 2.14 bits per heavy atom. The zero-order valence-electron chi connectivity index (χ0n) is 12.4. The highest BCUT2D eigenvalue weighted by Gasteiger charge is 2.59. The number of hydrogen-bond acceptors (Lipinski definition) is 2. The largest absolute Gasteiger partial charge is 0.465 e. The lowest BCUT2D eigenvalue weighted by Crippen LogP contribution is -2.41. The van der Waals surface area contributed by atoms with Gasteiger partial charge < -0.3 is 10.4 Å². The molecule has 2 N–H and O–H groups in total. The van der Waals surface area contributed by atoms with E-state index < -0.39 is 11.6 Å². The molecule has 1 aliphatic carbocycles. The van der Waals surface area contributed by atoms with Gasteiger partial charge in [-0.3, -0.25) is 4.79 Å². The van der Waals surface area contributed by atoms with E-state index in [1.807, 2.05) is 12.1 Å². The minimum Gasteiger partial charge on any atom is -0.465 e. The number of nitrogens with one attached hydrogen (secondary N) is 1. The summed E-state index contributed by atoms with van der Waals surface area (Å²) in [6, 6.07) is 5.51. The van der Waals surface area contributed by atoms with Crippen LogP contribution in [0.1, 0.15) is 43.1 Å². The molecule has 0 radical (unpaired) electrons. The number of halogens is 1. The molecule has 2 atom stereocenters. The van der Waals surface area contributed by atoms with E-state index in [0.717, 1.165) is 22.7 Å². The Labute approximate surface area is 133 Å². The van der Waals surface area contributed by atoms with Crippen LogP contribution in [-0.2, 0) is 6.42 Å². The summed E-state index contributed by atoms with van der Waals surface area (Å²) in [6.45, 7) is 6.38. The molecule has 1 amide bonds. The maximum absolute atomic E-state index is 11.1. The number of carbonyl (C=O) groups excluding carboxylic acids is 1. The fourth-order valence-electron chi connectivity index (χ4n) is 3.24. The van der Waals surface area contributed by atoms with E-state index in [2.05, 4.69) is 42.0 Å². The second-order valence-electron chi connectivity index (χ2n) is 6.90. The van der Waals surface area contributed by atoms with E-state index in [0.29, 0.717) is 17.9 Å². The number of amides is 1. The van der Waals surface area contributed by atoms with Gasteiger partial charge in [0.2, 0.25) is 0 Å². The van der Waals surface area contributed by atoms with Crippen LogP contribution in [0.5, 0.6) is 0 Å². The molecule has 1 aromatic rings. The van der Waals surface area contributed by atoms with E-state index in [4.69, 9.17) is 5.11 Å². The zero-order valence-corrected chi connectivity index (χ0v) is 14.0. The van der Waals surface area contributed by atoms with Crippen LogP contribution >= 0.6 is 15.9 Å². The van der Waals surface area contributed by atoms with Crippen molar-refractivity contribution >= 4 is 28.3 Å². The molecular formula is C16H20BrNO3. The molecule has 1 fully saturated rings. The minimum atomic E-state index is -0.993. The zero-order chi connectivity index (χ0) is 15.8. The van der Waals surface area contributed by atoms with Crippen molar-refractivity contribution in [3.63, 3.8) is 0 Å². The summed E-state index contributed by atoms with van der Waals surface area (Å²) in [5.41, 5.74) is 1.18. The first-order valence-electron chi connectivity index (χ1n) is 6.92. The second kappa shape index (κ2) is 5.44. The van der Waals surface area contributed by atoms with Crippen molar-refractivity contribution in [2.24, 2.45) is 11.3 Å². The van der Waals surface area contributed by atoms with Crippen molar-refractivity contribution in [1.82, 2.24) is 5.32 Å². The van der Waals surface area contributed by atoms with E-state index in [9.17, 15) is 9.59 Å². The molecule has 0 aromatic heterocycles. The molecule has 21 heavy (non-hydrogen) atoms. The number of hydrogen-bond donors (Lipinski definition) is 2. The monoisotopic (exact) mass is 353 g/mol. The summed E-state index contributed by atoms with van der Waals surface area (Å²) in [5.74, 6) is 0.291. The van der Waals surface area contributed by atoms with Crippen molar-refractivity contribution in [3.8, 4) is 0 Å². The fourth-order valence-corrected chi connectivity index (χ4v) is 3.80. The quantitative estimate of drug-likeness (QED) is 0.807. The average molecular weight is 354 g/mol. The smallest absolute Gasteiger partial charge is 0.405 e. The van der Waals surface area contributed by atoms with Gasteiger partial charge in [0, 0.05) is 10.0 Å². The Hall–Kier alpha value is -1.36. The molecule has 2 unspecified atom stereocenters. The SMILES string of the molecule is CC(C)(C)C1CC1(Cc1cc(Br)cc(C=O)c1)NC(=O)O. The highest BCUT2D eigenvalue weighted by atomic mass is 79.9. The van der Waals surface area contributed by atoms with E-state index in [1.165, 1.54) is 0 Å². The molecule has 0 bridgehead atoms. The summed E-state index contributed by atoms with van der Waals surface area (Å²) in [4.78, 5) is 22.1. The molecule has 4 nitrogen and oxygen atoms in total. The average Bonchev–Trinajstić information content (AvgIpc) is 3.01. The number of carbonyl (C=O) groups is 2. The maximum Gasteiger partial charge on any atom is 0.405 e. The van der Waals surface area contributed by atoms with Gasteiger partial charge >= 0.3 is 6.09 Å². The Morgan fingerprint density at radius 3 is 2.62 bits per heavy atom. The Morgan fingerprint density at radius 1 is 1.48 bits per heavy atom. The lowest BCUT2D eigenvalue weighted by Gasteiger charge is -2.25. The maximum atomic E-state index is 11.1.